The topological polar surface area (TPSA) is 67.8 Å². The molecule has 0 radical (unpaired) electrons. The summed E-state index contributed by atoms with van der Waals surface area (Å²) in [6, 6.07) is 6.97. The molecule has 1 atom stereocenters. The van der Waals surface area contributed by atoms with E-state index in [2.05, 4.69) is 5.32 Å². The summed E-state index contributed by atoms with van der Waals surface area (Å²) >= 11 is 0. The molecule has 1 rings (SSSR count). The second-order valence-corrected chi connectivity index (χ2v) is 4.06. The normalized spacial score (nSPS) is 11.9. The fourth-order valence-electron chi connectivity index (χ4n) is 1.66. The second kappa shape index (κ2) is 8.50. The summed E-state index contributed by atoms with van der Waals surface area (Å²) in [5.74, 6) is 0.354. The van der Waals surface area contributed by atoms with Gasteiger partial charge >= 0.3 is 5.97 Å². The van der Waals surface area contributed by atoms with Crippen LogP contribution in [0.2, 0.25) is 0 Å². The largest absolute Gasteiger partial charge is 0.491 e. The van der Waals surface area contributed by atoms with Gasteiger partial charge < -0.3 is 19.9 Å². The van der Waals surface area contributed by atoms with Crippen LogP contribution in [0.3, 0.4) is 0 Å². The molecule has 0 amide bonds. The maximum absolute atomic E-state index is 11.5. The van der Waals surface area contributed by atoms with E-state index in [0.717, 1.165) is 5.56 Å². The summed E-state index contributed by atoms with van der Waals surface area (Å²) in [5, 5.41) is 11.8. The van der Waals surface area contributed by atoms with Crippen molar-refractivity contribution in [2.24, 2.45) is 0 Å². The van der Waals surface area contributed by atoms with Gasteiger partial charge in [0.25, 0.3) is 0 Å². The lowest BCUT2D eigenvalue weighted by Crippen LogP contribution is -2.42. The zero-order valence-electron chi connectivity index (χ0n) is 11.4. The minimum atomic E-state index is -0.466. The van der Waals surface area contributed by atoms with Crippen LogP contribution in [0.1, 0.15) is 12.5 Å². The van der Waals surface area contributed by atoms with Crippen molar-refractivity contribution in [1.29, 1.82) is 0 Å². The number of hydrogen-bond donors (Lipinski definition) is 2. The van der Waals surface area contributed by atoms with E-state index in [9.17, 15) is 4.79 Å². The molecule has 0 bridgehead atoms. The maximum atomic E-state index is 11.5. The van der Waals surface area contributed by atoms with E-state index in [1.807, 2.05) is 31.2 Å². The summed E-state index contributed by atoms with van der Waals surface area (Å²) < 4.78 is 10.2. The smallest absolute Gasteiger partial charge is 0.326 e. The summed E-state index contributed by atoms with van der Waals surface area (Å²) in [4.78, 5) is 11.5. The highest BCUT2D eigenvalue weighted by Crippen LogP contribution is 2.12. The van der Waals surface area contributed by atoms with E-state index in [1.165, 1.54) is 7.11 Å². The Kier molecular flexibility index (Phi) is 6.92. The molecule has 0 saturated carbocycles. The fraction of sp³-hybridized carbons (Fsp3) is 0.500. The lowest BCUT2D eigenvalue weighted by molar-refractivity contribution is -0.143. The number of aliphatic hydroxyl groups excluding tert-OH is 1. The van der Waals surface area contributed by atoms with Crippen LogP contribution >= 0.6 is 0 Å². The molecule has 0 fully saturated rings. The van der Waals surface area contributed by atoms with Crippen molar-refractivity contribution in [3.8, 4) is 5.75 Å². The van der Waals surface area contributed by atoms with Gasteiger partial charge in [0.05, 0.1) is 7.11 Å². The summed E-state index contributed by atoms with van der Waals surface area (Å²) in [7, 11) is 1.36. The zero-order valence-corrected chi connectivity index (χ0v) is 11.4. The SMILES string of the molecule is CCNC(COc1ccc(CCO)cc1)C(=O)OC. The molecule has 0 aliphatic rings. The zero-order chi connectivity index (χ0) is 14.1. The number of carbonyl (C=O) groups excluding carboxylic acids is 1. The van der Waals surface area contributed by atoms with E-state index in [1.54, 1.807) is 0 Å². The maximum Gasteiger partial charge on any atom is 0.326 e. The molecule has 5 heteroatoms. The van der Waals surface area contributed by atoms with E-state index in [-0.39, 0.29) is 19.2 Å². The van der Waals surface area contributed by atoms with Crippen molar-refractivity contribution >= 4 is 5.97 Å². The molecular formula is C14H21NO4. The average Bonchev–Trinajstić information content (AvgIpc) is 2.44. The van der Waals surface area contributed by atoms with E-state index in [0.29, 0.717) is 18.7 Å². The van der Waals surface area contributed by atoms with Gasteiger partial charge in [0.15, 0.2) is 0 Å². The van der Waals surface area contributed by atoms with Crippen LogP contribution < -0.4 is 10.1 Å². The van der Waals surface area contributed by atoms with Gasteiger partial charge in [-0.25, -0.2) is 0 Å². The number of hydrogen-bond acceptors (Lipinski definition) is 5. The van der Waals surface area contributed by atoms with Crippen molar-refractivity contribution in [3.63, 3.8) is 0 Å². The third-order valence-electron chi connectivity index (χ3n) is 2.68. The second-order valence-electron chi connectivity index (χ2n) is 4.06. The first kappa shape index (κ1) is 15.5. The summed E-state index contributed by atoms with van der Waals surface area (Å²) in [5.41, 5.74) is 1.05. The number of benzene rings is 1. The first-order valence-corrected chi connectivity index (χ1v) is 6.35. The van der Waals surface area contributed by atoms with Crippen LogP contribution in [0.25, 0.3) is 0 Å². The first-order chi connectivity index (χ1) is 9.21. The number of likely N-dealkylation sites (N-methyl/N-ethyl adjacent to an activating group) is 1. The molecule has 0 spiro atoms. The molecule has 0 aliphatic carbocycles. The van der Waals surface area contributed by atoms with Crippen LogP contribution in [-0.4, -0.2) is 44.0 Å². The Bertz CT molecular complexity index is 378. The minimum absolute atomic E-state index is 0.130. The summed E-state index contributed by atoms with van der Waals surface area (Å²) in [6.07, 6.45) is 0.627. The Morgan fingerprint density at radius 2 is 2.05 bits per heavy atom. The predicted octanol–water partition coefficient (Wildman–Crippen LogP) is 0.751. The third-order valence-corrected chi connectivity index (χ3v) is 2.68. The Morgan fingerprint density at radius 1 is 1.37 bits per heavy atom. The van der Waals surface area contributed by atoms with Crippen molar-refractivity contribution in [2.45, 2.75) is 19.4 Å². The van der Waals surface area contributed by atoms with Gasteiger partial charge in [0.1, 0.15) is 18.4 Å². The average molecular weight is 267 g/mol. The lowest BCUT2D eigenvalue weighted by Gasteiger charge is -2.16. The highest BCUT2D eigenvalue weighted by Gasteiger charge is 2.18. The Labute approximate surface area is 113 Å². The Balaban J connectivity index is 2.51. The molecule has 2 N–H and O–H groups in total. The number of ether oxygens (including phenoxy) is 2. The van der Waals surface area contributed by atoms with Crippen LogP contribution in [0.4, 0.5) is 0 Å². The predicted molar refractivity (Wildman–Crippen MR) is 72.2 cm³/mol. The summed E-state index contributed by atoms with van der Waals surface area (Å²) in [6.45, 7) is 2.93. The van der Waals surface area contributed by atoms with Gasteiger partial charge in [-0.3, -0.25) is 4.79 Å². The van der Waals surface area contributed by atoms with Gasteiger partial charge in [-0.05, 0) is 30.7 Å². The number of nitrogens with one attached hydrogen (secondary N) is 1. The van der Waals surface area contributed by atoms with E-state index in [4.69, 9.17) is 14.6 Å². The molecule has 0 saturated heterocycles. The molecule has 19 heavy (non-hydrogen) atoms. The minimum Gasteiger partial charge on any atom is -0.491 e. The van der Waals surface area contributed by atoms with Gasteiger partial charge in [-0.1, -0.05) is 19.1 Å². The van der Waals surface area contributed by atoms with Crippen LogP contribution in [0.15, 0.2) is 24.3 Å². The van der Waals surface area contributed by atoms with Crippen molar-refractivity contribution in [2.75, 3.05) is 26.9 Å². The molecule has 1 aromatic carbocycles. The molecule has 106 valence electrons. The molecular weight excluding hydrogens is 246 g/mol. The number of esters is 1. The Morgan fingerprint density at radius 3 is 2.58 bits per heavy atom. The molecule has 1 unspecified atom stereocenters. The fourth-order valence-corrected chi connectivity index (χ4v) is 1.66. The Hall–Kier alpha value is -1.59. The molecule has 0 aromatic heterocycles. The third kappa shape index (κ3) is 5.28. The van der Waals surface area contributed by atoms with Gasteiger partial charge in [0, 0.05) is 6.61 Å². The lowest BCUT2D eigenvalue weighted by atomic mass is 10.1. The number of rotatable bonds is 8. The number of methoxy groups -OCH3 is 1. The van der Waals surface area contributed by atoms with Crippen molar-refractivity contribution < 1.29 is 19.4 Å². The molecule has 0 aliphatic heterocycles. The number of aliphatic hydroxyl groups is 1. The van der Waals surface area contributed by atoms with Crippen LogP contribution in [0.5, 0.6) is 5.75 Å². The highest BCUT2D eigenvalue weighted by molar-refractivity contribution is 5.75. The van der Waals surface area contributed by atoms with E-state index >= 15 is 0 Å². The first-order valence-electron chi connectivity index (χ1n) is 6.35. The van der Waals surface area contributed by atoms with Crippen molar-refractivity contribution in [1.82, 2.24) is 5.32 Å². The quantitative estimate of drug-likeness (QED) is 0.680. The molecule has 5 nitrogen and oxygen atoms in total. The van der Waals surface area contributed by atoms with Gasteiger partial charge in [-0.15, -0.1) is 0 Å². The van der Waals surface area contributed by atoms with Crippen LogP contribution in [-0.2, 0) is 16.0 Å². The monoisotopic (exact) mass is 267 g/mol. The molecule has 1 aromatic rings. The molecule has 0 heterocycles. The number of carbonyl (C=O) groups is 1. The van der Waals surface area contributed by atoms with Gasteiger partial charge in [0.2, 0.25) is 0 Å². The standard InChI is InChI=1S/C14H21NO4/c1-3-15-13(14(17)18-2)10-19-12-6-4-11(5-7-12)8-9-16/h4-7,13,15-16H,3,8-10H2,1-2H3. The van der Waals surface area contributed by atoms with E-state index < -0.39 is 6.04 Å². The highest BCUT2D eigenvalue weighted by atomic mass is 16.5. The van der Waals surface area contributed by atoms with Gasteiger partial charge in [-0.2, -0.15) is 0 Å². The van der Waals surface area contributed by atoms with Crippen LogP contribution in [0, 0.1) is 0 Å². The van der Waals surface area contributed by atoms with Crippen molar-refractivity contribution in [3.05, 3.63) is 29.8 Å².